The molecule has 3 heteroatoms. The lowest BCUT2D eigenvalue weighted by Crippen LogP contribution is -2.23. The van der Waals surface area contributed by atoms with E-state index in [1.54, 1.807) is 0 Å². The minimum Gasteiger partial charge on any atom is -0.370 e. The van der Waals surface area contributed by atoms with Crippen molar-refractivity contribution in [2.75, 3.05) is 5.32 Å². The normalized spacial score (nSPS) is 15.4. The standard InChI is InChI=1S/C19H23N3/c1-14-5-2-3-8-18(14)22-19(20)21-13-15-9-11-17(12-10-15)16-6-4-7-16/h2-3,5,8-12,16H,4,6-7,13H2,1H3,(H3,20,21,22). The van der Waals surface area contributed by atoms with Gasteiger partial charge in [0.25, 0.3) is 0 Å². The van der Waals surface area contributed by atoms with Crippen molar-refractivity contribution in [1.82, 2.24) is 0 Å². The first kappa shape index (κ1) is 14.6. The van der Waals surface area contributed by atoms with Gasteiger partial charge < -0.3 is 11.1 Å². The summed E-state index contributed by atoms with van der Waals surface area (Å²) < 4.78 is 0. The van der Waals surface area contributed by atoms with E-state index in [0.717, 1.165) is 17.2 Å². The van der Waals surface area contributed by atoms with E-state index in [1.165, 1.54) is 30.4 Å². The third kappa shape index (κ3) is 3.48. The minimum atomic E-state index is 0.456. The van der Waals surface area contributed by atoms with Crippen molar-refractivity contribution in [2.24, 2.45) is 10.7 Å². The van der Waals surface area contributed by atoms with Crippen molar-refractivity contribution in [3.8, 4) is 0 Å². The fraction of sp³-hybridized carbons (Fsp3) is 0.316. The summed E-state index contributed by atoms with van der Waals surface area (Å²) in [6, 6.07) is 16.9. The number of benzene rings is 2. The number of hydrogen-bond acceptors (Lipinski definition) is 1. The fourth-order valence-electron chi connectivity index (χ4n) is 2.70. The molecule has 3 rings (SSSR count). The highest BCUT2D eigenvalue weighted by Gasteiger charge is 2.18. The molecule has 1 fully saturated rings. The van der Waals surface area contributed by atoms with Gasteiger partial charge in [-0.1, -0.05) is 48.9 Å². The molecule has 0 aliphatic heterocycles. The van der Waals surface area contributed by atoms with Gasteiger partial charge in [-0.05, 0) is 48.4 Å². The molecule has 0 atom stereocenters. The molecule has 1 aliphatic rings. The van der Waals surface area contributed by atoms with Crippen LogP contribution in [0.4, 0.5) is 5.69 Å². The van der Waals surface area contributed by atoms with Crippen LogP contribution in [0.3, 0.4) is 0 Å². The lowest BCUT2D eigenvalue weighted by molar-refractivity contribution is 0.419. The molecular formula is C19H23N3. The number of hydrogen-bond donors (Lipinski definition) is 2. The number of rotatable bonds is 4. The van der Waals surface area contributed by atoms with Crippen molar-refractivity contribution in [3.05, 3.63) is 65.2 Å². The Morgan fingerprint density at radius 2 is 1.86 bits per heavy atom. The number of nitrogens with zero attached hydrogens (tertiary/aromatic N) is 1. The van der Waals surface area contributed by atoms with E-state index in [1.807, 2.05) is 18.2 Å². The molecule has 0 heterocycles. The Morgan fingerprint density at radius 3 is 2.50 bits per heavy atom. The summed E-state index contributed by atoms with van der Waals surface area (Å²) in [4.78, 5) is 4.42. The smallest absolute Gasteiger partial charge is 0.193 e. The number of para-hydroxylation sites is 1. The van der Waals surface area contributed by atoms with Crippen molar-refractivity contribution < 1.29 is 0 Å². The van der Waals surface area contributed by atoms with Gasteiger partial charge in [-0.15, -0.1) is 0 Å². The van der Waals surface area contributed by atoms with Gasteiger partial charge in [0.2, 0.25) is 0 Å². The molecule has 0 bridgehead atoms. The Bertz CT molecular complexity index is 655. The third-order valence-electron chi connectivity index (χ3n) is 4.40. The van der Waals surface area contributed by atoms with Crippen molar-refractivity contribution in [1.29, 1.82) is 0 Å². The number of anilines is 1. The molecule has 3 nitrogen and oxygen atoms in total. The number of aryl methyl sites for hydroxylation is 1. The highest BCUT2D eigenvalue weighted by atomic mass is 15.1. The average Bonchev–Trinajstić information content (AvgIpc) is 2.47. The Hall–Kier alpha value is -2.29. The Labute approximate surface area is 132 Å². The van der Waals surface area contributed by atoms with Crippen LogP contribution in [-0.4, -0.2) is 5.96 Å². The minimum absolute atomic E-state index is 0.456. The SMILES string of the molecule is Cc1ccccc1NC(N)=NCc1ccc(C2CCC2)cc1. The number of nitrogens with one attached hydrogen (secondary N) is 1. The van der Waals surface area contributed by atoms with Crippen LogP contribution in [0.25, 0.3) is 0 Å². The molecule has 0 spiro atoms. The molecular weight excluding hydrogens is 270 g/mol. The Kier molecular flexibility index (Phi) is 4.42. The monoisotopic (exact) mass is 293 g/mol. The maximum atomic E-state index is 5.97. The largest absolute Gasteiger partial charge is 0.370 e. The van der Waals surface area contributed by atoms with E-state index >= 15 is 0 Å². The summed E-state index contributed by atoms with van der Waals surface area (Å²) in [7, 11) is 0. The number of aliphatic imine (C=N–C) groups is 1. The van der Waals surface area contributed by atoms with Gasteiger partial charge in [0.05, 0.1) is 6.54 Å². The van der Waals surface area contributed by atoms with Crippen molar-refractivity contribution in [2.45, 2.75) is 38.6 Å². The predicted molar refractivity (Wildman–Crippen MR) is 93.2 cm³/mol. The Balaban J connectivity index is 1.59. The van der Waals surface area contributed by atoms with Gasteiger partial charge in [0.1, 0.15) is 0 Å². The van der Waals surface area contributed by atoms with Crippen LogP contribution >= 0.6 is 0 Å². The zero-order valence-corrected chi connectivity index (χ0v) is 13.0. The molecule has 0 radical (unpaired) electrons. The number of nitrogens with two attached hydrogens (primary N) is 1. The third-order valence-corrected chi connectivity index (χ3v) is 4.40. The van der Waals surface area contributed by atoms with E-state index in [4.69, 9.17) is 5.73 Å². The number of guanidine groups is 1. The summed E-state index contributed by atoms with van der Waals surface area (Å²) in [5.41, 5.74) is 10.8. The van der Waals surface area contributed by atoms with E-state index in [-0.39, 0.29) is 0 Å². The first-order valence-corrected chi connectivity index (χ1v) is 7.94. The zero-order valence-electron chi connectivity index (χ0n) is 13.0. The molecule has 0 unspecified atom stereocenters. The van der Waals surface area contributed by atoms with Gasteiger partial charge in [-0.25, -0.2) is 4.99 Å². The maximum Gasteiger partial charge on any atom is 0.193 e. The van der Waals surface area contributed by atoms with Gasteiger partial charge in [0, 0.05) is 5.69 Å². The summed E-state index contributed by atoms with van der Waals surface area (Å²) >= 11 is 0. The molecule has 3 N–H and O–H groups in total. The molecule has 114 valence electrons. The topological polar surface area (TPSA) is 50.4 Å². The quantitative estimate of drug-likeness (QED) is 0.656. The lowest BCUT2D eigenvalue weighted by Gasteiger charge is -2.25. The zero-order chi connectivity index (χ0) is 15.4. The van der Waals surface area contributed by atoms with Crippen LogP contribution < -0.4 is 11.1 Å². The first-order valence-electron chi connectivity index (χ1n) is 7.94. The molecule has 0 aromatic heterocycles. The van der Waals surface area contributed by atoms with Crippen molar-refractivity contribution in [3.63, 3.8) is 0 Å². The lowest BCUT2D eigenvalue weighted by atomic mass is 9.80. The molecule has 1 saturated carbocycles. The highest BCUT2D eigenvalue weighted by Crippen LogP contribution is 2.36. The van der Waals surface area contributed by atoms with Crippen molar-refractivity contribution >= 4 is 11.6 Å². The average molecular weight is 293 g/mol. The summed E-state index contributed by atoms with van der Waals surface area (Å²) in [5.74, 6) is 1.24. The summed E-state index contributed by atoms with van der Waals surface area (Å²) in [6.45, 7) is 2.66. The van der Waals surface area contributed by atoms with E-state index < -0.39 is 0 Å². The predicted octanol–water partition coefficient (Wildman–Crippen LogP) is 4.19. The molecule has 2 aromatic rings. The molecule has 2 aromatic carbocycles. The maximum absolute atomic E-state index is 5.97. The summed E-state index contributed by atoms with van der Waals surface area (Å²) in [5, 5.41) is 3.16. The van der Waals surface area contributed by atoms with Crippen LogP contribution in [0.5, 0.6) is 0 Å². The second-order valence-corrected chi connectivity index (χ2v) is 6.01. The molecule has 1 aliphatic carbocycles. The fourth-order valence-corrected chi connectivity index (χ4v) is 2.70. The van der Waals surface area contributed by atoms with Gasteiger partial charge >= 0.3 is 0 Å². The first-order chi connectivity index (χ1) is 10.7. The van der Waals surface area contributed by atoms with E-state index in [9.17, 15) is 0 Å². The Morgan fingerprint density at radius 1 is 1.14 bits per heavy atom. The van der Waals surface area contributed by atoms with E-state index in [0.29, 0.717) is 12.5 Å². The molecule has 22 heavy (non-hydrogen) atoms. The molecule has 0 amide bonds. The molecule has 0 saturated heterocycles. The van der Waals surface area contributed by atoms with Gasteiger partial charge in [-0.2, -0.15) is 0 Å². The second kappa shape index (κ2) is 6.65. The van der Waals surface area contributed by atoms with Gasteiger partial charge in [-0.3, -0.25) is 0 Å². The van der Waals surface area contributed by atoms with Gasteiger partial charge in [0.15, 0.2) is 5.96 Å². The van der Waals surface area contributed by atoms with Crippen LogP contribution in [0.15, 0.2) is 53.5 Å². The van der Waals surface area contributed by atoms with Crippen LogP contribution in [0.1, 0.15) is 41.9 Å². The van der Waals surface area contributed by atoms with Crippen LogP contribution in [0, 0.1) is 6.92 Å². The van der Waals surface area contributed by atoms with Crippen LogP contribution in [0.2, 0.25) is 0 Å². The highest BCUT2D eigenvalue weighted by molar-refractivity contribution is 5.92. The second-order valence-electron chi connectivity index (χ2n) is 6.01. The van der Waals surface area contributed by atoms with E-state index in [2.05, 4.69) is 47.6 Å². The van der Waals surface area contributed by atoms with Crippen LogP contribution in [-0.2, 0) is 6.54 Å². The summed E-state index contributed by atoms with van der Waals surface area (Å²) in [6.07, 6.45) is 4.05.